The van der Waals surface area contributed by atoms with Gasteiger partial charge in [-0.25, -0.2) is 0 Å². The number of aliphatic hydroxyl groups excluding tert-OH is 1. The zero-order valence-corrected chi connectivity index (χ0v) is 10.6. The van der Waals surface area contributed by atoms with Crippen molar-refractivity contribution in [3.63, 3.8) is 0 Å². The Bertz CT molecular complexity index is 429. The van der Waals surface area contributed by atoms with E-state index in [0.717, 1.165) is 18.4 Å². The monoisotopic (exact) mass is 253 g/mol. The highest BCUT2D eigenvalue weighted by Gasteiger charge is 2.33. The smallest absolute Gasteiger partial charge is 0.254 e. The van der Waals surface area contributed by atoms with Gasteiger partial charge in [0.15, 0.2) is 0 Å². The fraction of sp³-hybridized carbons (Fsp3) is 0.462. The molecule has 92 valence electrons. The molecule has 17 heavy (non-hydrogen) atoms. The summed E-state index contributed by atoms with van der Waals surface area (Å²) in [6, 6.07) is 5.63. The van der Waals surface area contributed by atoms with E-state index in [1.165, 1.54) is 0 Å². The highest BCUT2D eigenvalue weighted by atomic mass is 35.5. The summed E-state index contributed by atoms with van der Waals surface area (Å²) in [5.74, 6) is -0.0263. The number of carbonyl (C=O) groups excluding carboxylic acids is 1. The number of carbonyl (C=O) groups is 1. The largest absolute Gasteiger partial charge is 0.395 e. The Morgan fingerprint density at radius 3 is 2.82 bits per heavy atom. The first-order valence-corrected chi connectivity index (χ1v) is 6.19. The number of halogens is 1. The second kappa shape index (κ2) is 5.07. The third-order valence-corrected chi connectivity index (χ3v) is 3.25. The van der Waals surface area contributed by atoms with Crippen LogP contribution in [0.1, 0.15) is 28.8 Å². The Morgan fingerprint density at radius 2 is 2.24 bits per heavy atom. The summed E-state index contributed by atoms with van der Waals surface area (Å²) >= 11 is 5.92. The molecule has 1 fully saturated rings. The summed E-state index contributed by atoms with van der Waals surface area (Å²) < 4.78 is 0. The molecule has 3 nitrogen and oxygen atoms in total. The number of hydrogen-bond acceptors (Lipinski definition) is 2. The number of rotatable bonds is 4. The van der Waals surface area contributed by atoms with Gasteiger partial charge < -0.3 is 10.0 Å². The van der Waals surface area contributed by atoms with E-state index >= 15 is 0 Å². The van der Waals surface area contributed by atoms with E-state index in [1.807, 2.05) is 13.0 Å². The summed E-state index contributed by atoms with van der Waals surface area (Å²) in [5.41, 5.74) is 1.56. The van der Waals surface area contributed by atoms with Crippen LogP contribution in [0.3, 0.4) is 0 Å². The average molecular weight is 254 g/mol. The third-order valence-electron chi connectivity index (χ3n) is 3.02. The predicted octanol–water partition coefficient (Wildman–Crippen LogP) is 2.25. The van der Waals surface area contributed by atoms with E-state index in [2.05, 4.69) is 0 Å². The highest BCUT2D eigenvalue weighted by Crippen LogP contribution is 2.29. The van der Waals surface area contributed by atoms with Crippen LogP contribution >= 0.6 is 11.6 Å². The first kappa shape index (κ1) is 12.4. The maximum absolute atomic E-state index is 12.3. The first-order valence-electron chi connectivity index (χ1n) is 5.81. The van der Waals surface area contributed by atoms with Gasteiger partial charge in [0, 0.05) is 23.2 Å². The molecule has 1 aromatic rings. The van der Waals surface area contributed by atoms with Crippen LogP contribution in [0.15, 0.2) is 18.2 Å². The molecule has 0 saturated heterocycles. The molecule has 0 heterocycles. The number of hydrogen-bond donors (Lipinski definition) is 1. The molecule has 0 atom stereocenters. The second-order valence-corrected chi connectivity index (χ2v) is 4.85. The van der Waals surface area contributed by atoms with Crippen molar-refractivity contribution in [2.24, 2.45) is 0 Å². The molecular weight excluding hydrogens is 238 g/mol. The van der Waals surface area contributed by atoms with Crippen molar-refractivity contribution >= 4 is 17.5 Å². The van der Waals surface area contributed by atoms with Gasteiger partial charge in [-0.05, 0) is 37.5 Å². The van der Waals surface area contributed by atoms with Crippen LogP contribution < -0.4 is 0 Å². The summed E-state index contributed by atoms with van der Waals surface area (Å²) in [5, 5.41) is 9.58. The maximum atomic E-state index is 12.3. The molecule has 1 saturated carbocycles. The first-order chi connectivity index (χ1) is 8.13. The van der Waals surface area contributed by atoms with Gasteiger partial charge in [-0.1, -0.05) is 17.7 Å². The summed E-state index contributed by atoms with van der Waals surface area (Å²) in [6.07, 6.45) is 2.07. The molecule has 1 aromatic carbocycles. The van der Waals surface area contributed by atoms with E-state index in [0.29, 0.717) is 23.2 Å². The van der Waals surface area contributed by atoms with Gasteiger partial charge in [0.05, 0.1) is 6.61 Å². The molecule has 0 spiro atoms. The quantitative estimate of drug-likeness (QED) is 0.894. The molecule has 0 aromatic heterocycles. The molecule has 1 aliphatic rings. The molecule has 0 bridgehead atoms. The fourth-order valence-electron chi connectivity index (χ4n) is 1.92. The van der Waals surface area contributed by atoms with Crippen LogP contribution in [0.2, 0.25) is 5.02 Å². The number of nitrogens with zero attached hydrogens (tertiary/aromatic N) is 1. The maximum Gasteiger partial charge on any atom is 0.254 e. The van der Waals surface area contributed by atoms with Crippen molar-refractivity contribution in [2.45, 2.75) is 25.8 Å². The Hall–Kier alpha value is -1.06. The van der Waals surface area contributed by atoms with E-state index in [-0.39, 0.29) is 12.5 Å². The molecule has 1 aliphatic carbocycles. The van der Waals surface area contributed by atoms with Crippen molar-refractivity contribution in [2.75, 3.05) is 13.2 Å². The molecule has 1 N–H and O–H groups in total. The van der Waals surface area contributed by atoms with Crippen molar-refractivity contribution in [1.29, 1.82) is 0 Å². The lowest BCUT2D eigenvalue weighted by Crippen LogP contribution is -2.35. The SMILES string of the molecule is Cc1ccc(Cl)cc1C(=O)N(CCO)C1CC1. The van der Waals surface area contributed by atoms with Crippen LogP contribution in [-0.4, -0.2) is 35.1 Å². The molecule has 0 unspecified atom stereocenters. The summed E-state index contributed by atoms with van der Waals surface area (Å²) in [4.78, 5) is 14.1. The minimum absolute atomic E-state index is 0.00184. The van der Waals surface area contributed by atoms with E-state index in [4.69, 9.17) is 16.7 Å². The van der Waals surface area contributed by atoms with Gasteiger partial charge in [-0.2, -0.15) is 0 Å². The Kier molecular flexibility index (Phi) is 3.69. The number of benzene rings is 1. The standard InChI is InChI=1S/C13H16ClNO2/c1-9-2-3-10(14)8-12(9)13(17)15(6-7-16)11-4-5-11/h2-3,8,11,16H,4-7H2,1H3. The average Bonchev–Trinajstić information content (AvgIpc) is 3.12. The lowest BCUT2D eigenvalue weighted by molar-refractivity contribution is 0.0707. The predicted molar refractivity (Wildman–Crippen MR) is 67.3 cm³/mol. The summed E-state index contributed by atoms with van der Waals surface area (Å²) in [7, 11) is 0. The normalized spacial score (nSPS) is 14.8. The lowest BCUT2D eigenvalue weighted by Gasteiger charge is -2.22. The fourth-order valence-corrected chi connectivity index (χ4v) is 2.10. The van der Waals surface area contributed by atoms with Gasteiger partial charge in [0.1, 0.15) is 0 Å². The van der Waals surface area contributed by atoms with Gasteiger partial charge in [-0.15, -0.1) is 0 Å². The second-order valence-electron chi connectivity index (χ2n) is 4.41. The van der Waals surface area contributed by atoms with Crippen molar-refractivity contribution in [1.82, 2.24) is 4.90 Å². The zero-order chi connectivity index (χ0) is 12.4. The third kappa shape index (κ3) is 2.79. The number of amides is 1. The van der Waals surface area contributed by atoms with Crippen molar-refractivity contribution < 1.29 is 9.90 Å². The molecule has 0 radical (unpaired) electrons. The Labute approximate surface area is 106 Å². The van der Waals surface area contributed by atoms with Crippen molar-refractivity contribution in [3.8, 4) is 0 Å². The lowest BCUT2D eigenvalue weighted by atomic mass is 10.1. The Balaban J connectivity index is 2.24. The molecule has 1 amide bonds. The molecule has 2 rings (SSSR count). The number of aryl methyl sites for hydroxylation is 1. The molecule has 4 heteroatoms. The van der Waals surface area contributed by atoms with Gasteiger partial charge in [0.2, 0.25) is 0 Å². The molecule has 0 aliphatic heterocycles. The minimum Gasteiger partial charge on any atom is -0.395 e. The van der Waals surface area contributed by atoms with Gasteiger partial charge in [-0.3, -0.25) is 4.79 Å². The van der Waals surface area contributed by atoms with Crippen molar-refractivity contribution in [3.05, 3.63) is 34.3 Å². The number of aliphatic hydroxyl groups is 1. The van der Waals surface area contributed by atoms with E-state index in [1.54, 1.807) is 17.0 Å². The topological polar surface area (TPSA) is 40.5 Å². The van der Waals surface area contributed by atoms with Gasteiger partial charge >= 0.3 is 0 Å². The highest BCUT2D eigenvalue weighted by molar-refractivity contribution is 6.31. The van der Waals surface area contributed by atoms with Gasteiger partial charge in [0.25, 0.3) is 5.91 Å². The van der Waals surface area contributed by atoms with Crippen LogP contribution in [0.4, 0.5) is 0 Å². The van der Waals surface area contributed by atoms with Crippen LogP contribution in [0, 0.1) is 6.92 Å². The minimum atomic E-state index is -0.0263. The van der Waals surface area contributed by atoms with E-state index < -0.39 is 0 Å². The van der Waals surface area contributed by atoms with Crippen LogP contribution in [-0.2, 0) is 0 Å². The zero-order valence-electron chi connectivity index (χ0n) is 9.82. The van der Waals surface area contributed by atoms with E-state index in [9.17, 15) is 4.79 Å². The summed E-state index contributed by atoms with van der Waals surface area (Å²) in [6.45, 7) is 2.30. The van der Waals surface area contributed by atoms with Crippen LogP contribution in [0.5, 0.6) is 0 Å². The molecular formula is C13H16ClNO2. The Morgan fingerprint density at radius 1 is 1.53 bits per heavy atom. The van der Waals surface area contributed by atoms with Crippen LogP contribution in [0.25, 0.3) is 0 Å².